The lowest BCUT2D eigenvalue weighted by atomic mass is 10.0. The number of fused-ring (bicyclic) bond motifs is 2. The summed E-state index contributed by atoms with van der Waals surface area (Å²) >= 11 is 2.27. The third-order valence-electron chi connectivity index (χ3n) is 5.89. The molecule has 2 aromatic carbocycles. The van der Waals surface area contributed by atoms with Gasteiger partial charge in [-0.25, -0.2) is 19.6 Å². The number of aryl methyl sites for hydroxylation is 2. The van der Waals surface area contributed by atoms with Crippen molar-refractivity contribution >= 4 is 63.3 Å². The summed E-state index contributed by atoms with van der Waals surface area (Å²) in [6, 6.07) is 15.2. The van der Waals surface area contributed by atoms with Crippen LogP contribution in [0.3, 0.4) is 0 Å². The normalized spacial score (nSPS) is 20.0. The summed E-state index contributed by atoms with van der Waals surface area (Å²) in [7, 11) is 3.69. The summed E-state index contributed by atoms with van der Waals surface area (Å²) in [4.78, 5) is 48.0. The predicted octanol–water partition coefficient (Wildman–Crippen LogP) is 3.14. The summed E-state index contributed by atoms with van der Waals surface area (Å²) in [6.45, 7) is 1.74. The number of hydrogen-bond acceptors (Lipinski definition) is 9. The van der Waals surface area contributed by atoms with Gasteiger partial charge in [0.2, 0.25) is 5.60 Å². The molecule has 11 heteroatoms. The van der Waals surface area contributed by atoms with Gasteiger partial charge in [-0.3, -0.25) is 4.79 Å². The summed E-state index contributed by atoms with van der Waals surface area (Å²) in [5, 5.41) is -0.0484. The smallest absolute Gasteiger partial charge is 0.377 e. The number of ether oxygens (including phenoxy) is 2. The number of cyclic esters (lactones) is 1. The molecule has 2 unspecified atom stereocenters. The van der Waals surface area contributed by atoms with E-state index in [4.69, 9.17) is 9.47 Å². The topological polar surface area (TPSA) is 105 Å². The van der Waals surface area contributed by atoms with E-state index in [0.717, 1.165) is 33.8 Å². The van der Waals surface area contributed by atoms with E-state index in [2.05, 4.69) is 9.97 Å². The first-order chi connectivity index (χ1) is 16.9. The summed E-state index contributed by atoms with van der Waals surface area (Å²) in [5.74, 6) is -2.65. The Morgan fingerprint density at radius 3 is 2.17 bits per heavy atom. The van der Waals surface area contributed by atoms with Crippen LogP contribution >= 0.6 is 23.5 Å². The Morgan fingerprint density at radius 1 is 1.00 bits per heavy atom. The van der Waals surface area contributed by atoms with Crippen LogP contribution in [0.4, 0.5) is 0 Å². The van der Waals surface area contributed by atoms with Crippen LogP contribution < -0.4 is 0 Å². The van der Waals surface area contributed by atoms with Crippen LogP contribution in [0, 0.1) is 0 Å². The zero-order valence-corrected chi connectivity index (χ0v) is 20.9. The van der Waals surface area contributed by atoms with Gasteiger partial charge >= 0.3 is 11.9 Å². The minimum atomic E-state index is -1.82. The highest BCUT2D eigenvalue weighted by molar-refractivity contribution is 8.01. The number of hydrogen-bond donors (Lipinski definition) is 0. The van der Waals surface area contributed by atoms with Crippen molar-refractivity contribution in [3.05, 3.63) is 48.5 Å². The fraction of sp³-hybridized carbons (Fsp3) is 0.292. The van der Waals surface area contributed by atoms with Crippen LogP contribution in [0.15, 0.2) is 58.8 Å². The molecule has 2 aromatic heterocycles. The Balaban J connectivity index is 1.53. The number of para-hydroxylation sites is 4. The first kappa shape index (κ1) is 23.4. The van der Waals surface area contributed by atoms with Crippen molar-refractivity contribution in [3.8, 4) is 0 Å². The molecular formula is C24H22N4O5S2. The summed E-state index contributed by atoms with van der Waals surface area (Å²) in [6.07, 6.45) is 0. The quantitative estimate of drug-likeness (QED) is 0.211. The maximum absolute atomic E-state index is 13.3. The second kappa shape index (κ2) is 9.04. The second-order valence-corrected chi connectivity index (χ2v) is 10.0. The molecule has 4 aromatic rings. The van der Waals surface area contributed by atoms with E-state index in [1.807, 2.05) is 71.8 Å². The van der Waals surface area contributed by atoms with Crippen molar-refractivity contribution in [2.24, 2.45) is 14.1 Å². The number of carbonyl (C=O) groups excluding carboxylic acids is 3. The second-order valence-electron chi connectivity index (χ2n) is 8.03. The lowest BCUT2D eigenvalue weighted by Crippen LogP contribution is -2.51. The summed E-state index contributed by atoms with van der Waals surface area (Å²) in [5.41, 5.74) is 1.50. The fourth-order valence-corrected chi connectivity index (χ4v) is 6.55. The zero-order chi connectivity index (χ0) is 24.7. The van der Waals surface area contributed by atoms with E-state index >= 15 is 0 Å². The number of nitrogens with zero attached hydrogens (tertiary/aromatic N) is 4. The molecule has 0 saturated carbocycles. The number of rotatable bonds is 7. The maximum atomic E-state index is 13.3. The largest absolute Gasteiger partial charge is 0.463 e. The van der Waals surface area contributed by atoms with Crippen LogP contribution in [0.2, 0.25) is 0 Å². The molecule has 1 aliphatic rings. The fourth-order valence-electron chi connectivity index (χ4n) is 4.06. The van der Waals surface area contributed by atoms with Gasteiger partial charge in [-0.05, 0) is 31.2 Å². The highest BCUT2D eigenvalue weighted by Crippen LogP contribution is 2.42. The van der Waals surface area contributed by atoms with Crippen molar-refractivity contribution in [2.45, 2.75) is 28.1 Å². The van der Waals surface area contributed by atoms with Crippen LogP contribution in [-0.2, 0) is 38.0 Å². The molecule has 0 amide bonds. The number of aromatic nitrogens is 4. The average Bonchev–Trinajstić information content (AvgIpc) is 3.44. The standard InChI is InChI=1S/C24H22N4O5S2/c1-4-32-21(31)24(13-34-22-25-14-9-5-7-11-16(14)27(22)2)19(18(29)20(30)33-24)35-23-26-15-10-6-8-12-17(15)28(23)3/h5-12,19H,4,13H2,1-3H3. The molecule has 1 saturated heterocycles. The van der Waals surface area contributed by atoms with E-state index in [-0.39, 0.29) is 12.4 Å². The monoisotopic (exact) mass is 510 g/mol. The number of carbonyl (C=O) groups is 3. The lowest BCUT2D eigenvalue weighted by molar-refractivity contribution is -0.171. The van der Waals surface area contributed by atoms with Crippen LogP contribution in [-0.4, -0.2) is 60.0 Å². The molecule has 0 radical (unpaired) electrons. The van der Waals surface area contributed by atoms with Crippen molar-refractivity contribution in [1.29, 1.82) is 0 Å². The molecule has 2 atom stereocenters. The van der Waals surface area contributed by atoms with Crippen molar-refractivity contribution in [1.82, 2.24) is 19.1 Å². The number of thioether (sulfide) groups is 2. The maximum Gasteiger partial charge on any atom is 0.377 e. The van der Waals surface area contributed by atoms with Gasteiger partial charge in [0, 0.05) is 14.1 Å². The molecule has 0 spiro atoms. The predicted molar refractivity (Wildman–Crippen MR) is 132 cm³/mol. The van der Waals surface area contributed by atoms with E-state index in [0.29, 0.717) is 10.3 Å². The third-order valence-corrected chi connectivity index (χ3v) is 8.49. The van der Waals surface area contributed by atoms with Crippen LogP contribution in [0.25, 0.3) is 22.1 Å². The van der Waals surface area contributed by atoms with Crippen molar-refractivity contribution in [2.75, 3.05) is 12.4 Å². The number of imidazole rings is 2. The van der Waals surface area contributed by atoms with Crippen LogP contribution in [0.5, 0.6) is 0 Å². The third kappa shape index (κ3) is 3.88. The SMILES string of the molecule is CCOC(=O)C1(CSc2nc3ccccc3n2C)OC(=O)C(=O)C1Sc1nc2ccccc2n1C. The molecule has 35 heavy (non-hydrogen) atoms. The van der Waals surface area contributed by atoms with Gasteiger partial charge in [0.15, 0.2) is 10.3 Å². The minimum Gasteiger partial charge on any atom is -0.463 e. The van der Waals surface area contributed by atoms with Gasteiger partial charge in [0.05, 0.1) is 34.4 Å². The molecule has 0 aliphatic carbocycles. The van der Waals surface area contributed by atoms with Gasteiger partial charge in [-0.2, -0.15) is 0 Å². The molecular weight excluding hydrogens is 488 g/mol. The van der Waals surface area contributed by atoms with Gasteiger partial charge < -0.3 is 18.6 Å². The van der Waals surface area contributed by atoms with E-state index in [9.17, 15) is 14.4 Å². The molecule has 0 bridgehead atoms. The lowest BCUT2D eigenvalue weighted by Gasteiger charge is -2.28. The van der Waals surface area contributed by atoms with Gasteiger partial charge in [0.25, 0.3) is 5.78 Å². The molecule has 180 valence electrons. The molecule has 0 N–H and O–H groups in total. The molecule has 3 heterocycles. The van der Waals surface area contributed by atoms with Crippen LogP contribution in [0.1, 0.15) is 6.92 Å². The average molecular weight is 511 g/mol. The first-order valence-corrected chi connectivity index (χ1v) is 12.8. The van der Waals surface area contributed by atoms with Gasteiger partial charge in [-0.15, -0.1) is 0 Å². The first-order valence-electron chi connectivity index (χ1n) is 10.9. The van der Waals surface area contributed by atoms with Crippen molar-refractivity contribution < 1.29 is 23.9 Å². The number of esters is 2. The van der Waals surface area contributed by atoms with E-state index in [1.165, 1.54) is 11.8 Å². The van der Waals surface area contributed by atoms with Gasteiger partial charge in [-0.1, -0.05) is 47.8 Å². The Labute approximate surface area is 209 Å². The molecule has 1 fully saturated rings. The highest BCUT2D eigenvalue weighted by atomic mass is 32.2. The Morgan fingerprint density at radius 2 is 1.57 bits per heavy atom. The number of Topliss-reactive ketones (excluding diaryl/α,β-unsaturated/α-hetero) is 1. The van der Waals surface area contributed by atoms with Crippen molar-refractivity contribution in [3.63, 3.8) is 0 Å². The Bertz CT molecular complexity index is 1480. The highest BCUT2D eigenvalue weighted by Gasteiger charge is 2.62. The minimum absolute atomic E-state index is 0.0396. The van der Waals surface area contributed by atoms with Gasteiger partial charge in [0.1, 0.15) is 5.25 Å². The molecule has 5 rings (SSSR count). The zero-order valence-electron chi connectivity index (χ0n) is 19.3. The molecule has 9 nitrogen and oxygen atoms in total. The number of benzene rings is 2. The van der Waals surface area contributed by atoms with E-state index in [1.54, 1.807) is 6.92 Å². The Hall–Kier alpha value is -3.31. The Kier molecular flexibility index (Phi) is 6.06. The number of ketones is 1. The molecule has 1 aliphatic heterocycles. The van der Waals surface area contributed by atoms with E-state index < -0.39 is 28.6 Å². The summed E-state index contributed by atoms with van der Waals surface area (Å²) < 4.78 is 14.6.